The third kappa shape index (κ3) is 4.33. The van der Waals surface area contributed by atoms with E-state index >= 15 is 0 Å². The van der Waals surface area contributed by atoms with Gasteiger partial charge in [0.15, 0.2) is 0 Å². The lowest BCUT2D eigenvalue weighted by molar-refractivity contribution is -0.297. The fourth-order valence-electron chi connectivity index (χ4n) is 4.97. The number of hydrogen-bond acceptors (Lipinski definition) is 6. The Hall–Kier alpha value is -1.66. The summed E-state index contributed by atoms with van der Waals surface area (Å²) in [6, 6.07) is 0. The zero-order chi connectivity index (χ0) is 20.6. The first-order valence-electron chi connectivity index (χ1n) is 10.2. The average molecular weight is 392 g/mol. The van der Waals surface area contributed by atoms with E-state index < -0.39 is 5.60 Å². The Bertz CT molecular complexity index is 691. The van der Waals surface area contributed by atoms with Gasteiger partial charge < -0.3 is 9.47 Å². The third-order valence-electron chi connectivity index (χ3n) is 6.47. The van der Waals surface area contributed by atoms with E-state index in [0.29, 0.717) is 30.8 Å². The van der Waals surface area contributed by atoms with Gasteiger partial charge >= 0.3 is 11.9 Å². The minimum atomic E-state index is -0.761. The van der Waals surface area contributed by atoms with Crippen molar-refractivity contribution < 1.29 is 29.2 Å². The molecule has 6 nitrogen and oxygen atoms in total. The summed E-state index contributed by atoms with van der Waals surface area (Å²) < 4.78 is 11.2. The Morgan fingerprint density at radius 2 is 2.11 bits per heavy atom. The lowest BCUT2D eigenvalue weighted by atomic mass is 9.74. The normalized spacial score (nSPS) is 33.6. The van der Waals surface area contributed by atoms with Crippen molar-refractivity contribution >= 4 is 11.9 Å². The predicted octanol–water partition coefficient (Wildman–Crippen LogP) is 3.91. The molecule has 6 unspecified atom stereocenters. The lowest BCUT2D eigenvalue weighted by Crippen LogP contribution is -2.36. The number of carbonyl (C=O) groups is 2. The molecule has 0 aromatic carbocycles. The molecule has 6 heteroatoms. The van der Waals surface area contributed by atoms with E-state index in [4.69, 9.17) is 14.7 Å². The molecule has 28 heavy (non-hydrogen) atoms. The molecule has 2 aliphatic carbocycles. The van der Waals surface area contributed by atoms with E-state index in [1.54, 1.807) is 13.8 Å². The summed E-state index contributed by atoms with van der Waals surface area (Å²) >= 11 is 0. The Morgan fingerprint density at radius 3 is 2.75 bits per heavy atom. The molecule has 0 radical (unpaired) electrons. The van der Waals surface area contributed by atoms with Gasteiger partial charge in [-0.3, -0.25) is 10.1 Å². The summed E-state index contributed by atoms with van der Waals surface area (Å²) in [5, 5.41) is 8.96. The maximum absolute atomic E-state index is 12.5. The van der Waals surface area contributed by atoms with Crippen LogP contribution in [0.25, 0.3) is 0 Å². The summed E-state index contributed by atoms with van der Waals surface area (Å²) in [6.07, 6.45) is 6.06. The van der Waals surface area contributed by atoms with Crippen molar-refractivity contribution in [1.82, 2.24) is 0 Å². The van der Waals surface area contributed by atoms with Crippen molar-refractivity contribution in [1.29, 1.82) is 0 Å². The third-order valence-corrected chi connectivity index (χ3v) is 6.47. The SMILES string of the molecule is CC(=O)OC1CC(C)C2CC2C2=C(COC2=O)C1C(C)CC=CC(C)(C)OO. The molecule has 3 aliphatic rings. The summed E-state index contributed by atoms with van der Waals surface area (Å²) in [5.74, 6) is 0.761. The topological polar surface area (TPSA) is 82.1 Å². The number of carbonyl (C=O) groups excluding carboxylic acids is 2. The van der Waals surface area contributed by atoms with Gasteiger partial charge in [-0.15, -0.1) is 0 Å². The van der Waals surface area contributed by atoms with E-state index in [2.05, 4.69) is 18.7 Å². The van der Waals surface area contributed by atoms with Crippen molar-refractivity contribution in [3.8, 4) is 0 Å². The molecule has 1 fully saturated rings. The molecular weight excluding hydrogens is 360 g/mol. The fourth-order valence-corrected chi connectivity index (χ4v) is 4.97. The van der Waals surface area contributed by atoms with Crippen LogP contribution in [0, 0.1) is 29.6 Å². The zero-order valence-corrected chi connectivity index (χ0v) is 17.4. The van der Waals surface area contributed by atoms with Crippen molar-refractivity contribution in [3.05, 3.63) is 23.3 Å². The van der Waals surface area contributed by atoms with Crippen molar-refractivity contribution in [2.24, 2.45) is 29.6 Å². The van der Waals surface area contributed by atoms with Crippen LogP contribution in [0.2, 0.25) is 0 Å². The monoisotopic (exact) mass is 392 g/mol. The predicted molar refractivity (Wildman–Crippen MR) is 103 cm³/mol. The smallest absolute Gasteiger partial charge is 0.334 e. The van der Waals surface area contributed by atoms with Crippen LogP contribution in [-0.2, 0) is 24.0 Å². The van der Waals surface area contributed by atoms with E-state index in [-0.39, 0.29) is 29.9 Å². The first-order valence-corrected chi connectivity index (χ1v) is 10.2. The lowest BCUT2D eigenvalue weighted by Gasteiger charge is -2.35. The number of ether oxygens (including phenoxy) is 2. The van der Waals surface area contributed by atoms with Crippen LogP contribution in [0.5, 0.6) is 0 Å². The van der Waals surface area contributed by atoms with E-state index in [9.17, 15) is 9.59 Å². The van der Waals surface area contributed by atoms with Crippen molar-refractivity contribution in [2.75, 3.05) is 6.61 Å². The number of hydrogen-bond donors (Lipinski definition) is 1. The average Bonchev–Trinajstić information content (AvgIpc) is 3.30. The number of esters is 2. The molecule has 1 saturated carbocycles. The van der Waals surface area contributed by atoms with Crippen LogP contribution >= 0.6 is 0 Å². The van der Waals surface area contributed by atoms with Gasteiger partial charge in [-0.05, 0) is 62.4 Å². The molecule has 0 bridgehead atoms. The van der Waals surface area contributed by atoms with Crippen LogP contribution in [-0.4, -0.2) is 35.5 Å². The Kier molecular flexibility index (Phi) is 6.01. The van der Waals surface area contributed by atoms with Crippen LogP contribution < -0.4 is 0 Å². The van der Waals surface area contributed by atoms with Crippen molar-refractivity contribution in [2.45, 2.75) is 65.6 Å². The van der Waals surface area contributed by atoms with E-state index in [0.717, 1.165) is 24.0 Å². The zero-order valence-electron chi connectivity index (χ0n) is 17.4. The summed E-state index contributed by atoms with van der Waals surface area (Å²) in [4.78, 5) is 28.7. The van der Waals surface area contributed by atoms with Crippen molar-refractivity contribution in [3.63, 3.8) is 0 Å². The quantitative estimate of drug-likeness (QED) is 0.319. The number of rotatable bonds is 6. The molecule has 0 aromatic rings. The Balaban J connectivity index is 1.91. The minimum Gasteiger partial charge on any atom is -0.462 e. The fraction of sp³-hybridized carbons (Fsp3) is 0.727. The van der Waals surface area contributed by atoms with Gasteiger partial charge in [-0.2, -0.15) is 0 Å². The molecule has 0 amide bonds. The second kappa shape index (κ2) is 7.99. The molecule has 1 aliphatic heterocycles. The first kappa shape index (κ1) is 21.1. The molecular formula is C22H32O6. The maximum Gasteiger partial charge on any atom is 0.334 e. The highest BCUT2D eigenvalue weighted by molar-refractivity contribution is 5.93. The van der Waals surface area contributed by atoms with Gasteiger partial charge in [-0.25, -0.2) is 9.68 Å². The molecule has 1 N–H and O–H groups in total. The molecule has 3 rings (SSSR count). The van der Waals surface area contributed by atoms with Crippen LogP contribution in [0.4, 0.5) is 0 Å². The molecule has 1 heterocycles. The Labute approximate surface area is 166 Å². The summed E-state index contributed by atoms with van der Waals surface area (Å²) in [6.45, 7) is 9.58. The van der Waals surface area contributed by atoms with E-state index in [1.807, 2.05) is 12.2 Å². The summed E-state index contributed by atoms with van der Waals surface area (Å²) in [7, 11) is 0. The molecule has 0 saturated heterocycles. The van der Waals surface area contributed by atoms with Gasteiger partial charge in [0.05, 0.1) is 0 Å². The number of fused-ring (bicyclic) bond motifs is 2. The summed E-state index contributed by atoms with van der Waals surface area (Å²) in [5.41, 5.74) is 1.10. The first-order chi connectivity index (χ1) is 13.1. The second-order valence-corrected chi connectivity index (χ2v) is 9.22. The highest BCUT2D eigenvalue weighted by Gasteiger charge is 2.53. The highest BCUT2D eigenvalue weighted by Crippen LogP contribution is 2.56. The van der Waals surface area contributed by atoms with Gasteiger partial charge in [0.25, 0.3) is 0 Å². The molecule has 6 atom stereocenters. The van der Waals surface area contributed by atoms with Gasteiger partial charge in [0, 0.05) is 18.4 Å². The van der Waals surface area contributed by atoms with Crippen LogP contribution in [0.15, 0.2) is 23.3 Å². The Morgan fingerprint density at radius 1 is 1.39 bits per heavy atom. The van der Waals surface area contributed by atoms with Gasteiger partial charge in [0.1, 0.15) is 18.3 Å². The molecule has 0 spiro atoms. The maximum atomic E-state index is 12.5. The number of allylic oxidation sites excluding steroid dienone is 1. The van der Waals surface area contributed by atoms with E-state index in [1.165, 1.54) is 6.92 Å². The number of cyclic esters (lactones) is 1. The standard InChI is InChI=1S/C22H32O6/c1-12(7-6-8-22(4,5)28-25)19-17-11-26-21(24)20(17)16-10-15(16)13(2)9-18(19)27-14(3)23/h6,8,12-13,15-16,18-19,25H,7,9-11H2,1-5H3. The minimum absolute atomic E-state index is 0.0582. The highest BCUT2D eigenvalue weighted by atomic mass is 17.1. The molecule has 0 aromatic heterocycles. The van der Waals surface area contributed by atoms with Gasteiger partial charge in [-0.1, -0.05) is 26.0 Å². The second-order valence-electron chi connectivity index (χ2n) is 9.22. The molecule has 156 valence electrons. The van der Waals surface area contributed by atoms with Gasteiger partial charge in [0.2, 0.25) is 0 Å². The van der Waals surface area contributed by atoms with Crippen LogP contribution in [0.1, 0.15) is 53.9 Å². The largest absolute Gasteiger partial charge is 0.462 e. The van der Waals surface area contributed by atoms with Crippen LogP contribution in [0.3, 0.4) is 0 Å².